The molecule has 0 aliphatic carbocycles. The number of carbonyl (C=O) groups is 1. The molecule has 0 saturated carbocycles. The number of hydrogen-bond donors (Lipinski definition) is 3. The van der Waals surface area contributed by atoms with Gasteiger partial charge in [0.25, 0.3) is 0 Å². The number of halogens is 1. The van der Waals surface area contributed by atoms with E-state index in [1.54, 1.807) is 0 Å². The Labute approximate surface area is 142 Å². The number of para-hydroxylation sites is 1. The number of nitrogens with two attached hydrogens (primary N) is 1. The van der Waals surface area contributed by atoms with Crippen molar-refractivity contribution in [2.24, 2.45) is 11.7 Å². The Morgan fingerprint density at radius 3 is 2.96 bits per heavy atom. The molecule has 0 aromatic heterocycles. The lowest BCUT2D eigenvalue weighted by Gasteiger charge is -2.34. The number of benzene rings is 1. The van der Waals surface area contributed by atoms with Gasteiger partial charge in [-0.1, -0.05) is 36.4 Å². The van der Waals surface area contributed by atoms with E-state index >= 15 is 0 Å². The average molecular weight is 338 g/mol. The van der Waals surface area contributed by atoms with E-state index in [1.807, 2.05) is 18.2 Å². The first-order chi connectivity index (χ1) is 11.0. The number of hydrogen-bond acceptors (Lipinski definition) is 4. The van der Waals surface area contributed by atoms with Crippen LogP contribution in [0.15, 0.2) is 35.9 Å². The first kappa shape index (κ1) is 17.8. The summed E-state index contributed by atoms with van der Waals surface area (Å²) in [6.07, 6.45) is 1.05. The summed E-state index contributed by atoms with van der Waals surface area (Å²) in [6, 6.07) is 8.06. The molecule has 0 spiro atoms. The lowest BCUT2D eigenvalue weighted by Crippen LogP contribution is -2.41. The normalized spacial score (nSPS) is 19.4. The minimum Gasteiger partial charge on any atom is -0.386 e. The molecule has 1 aliphatic rings. The van der Waals surface area contributed by atoms with Crippen LogP contribution in [0.3, 0.4) is 0 Å². The Balaban J connectivity index is 2.02. The van der Waals surface area contributed by atoms with Gasteiger partial charge >= 0.3 is 0 Å². The number of amides is 1. The molecule has 2 unspecified atom stereocenters. The zero-order valence-electron chi connectivity index (χ0n) is 13.2. The number of piperidine rings is 1. The van der Waals surface area contributed by atoms with Gasteiger partial charge < -0.3 is 21.1 Å². The van der Waals surface area contributed by atoms with Crippen LogP contribution in [0.1, 0.15) is 18.4 Å². The van der Waals surface area contributed by atoms with Crippen LogP contribution in [0, 0.1) is 5.92 Å². The Morgan fingerprint density at radius 2 is 2.26 bits per heavy atom. The first-order valence-corrected chi connectivity index (χ1v) is 8.22. The van der Waals surface area contributed by atoms with Gasteiger partial charge in [0.05, 0.1) is 5.92 Å². The molecule has 1 aromatic carbocycles. The van der Waals surface area contributed by atoms with Crippen LogP contribution in [0.4, 0.5) is 5.69 Å². The molecule has 0 radical (unpaired) electrons. The molecule has 5 nitrogen and oxygen atoms in total. The van der Waals surface area contributed by atoms with Crippen molar-refractivity contribution in [1.82, 2.24) is 5.32 Å². The monoisotopic (exact) mass is 337 g/mol. The second-order valence-electron chi connectivity index (χ2n) is 5.91. The summed E-state index contributed by atoms with van der Waals surface area (Å²) in [5.41, 5.74) is 7.68. The summed E-state index contributed by atoms with van der Waals surface area (Å²) in [5, 5.41) is 13.1. The highest BCUT2D eigenvalue weighted by Crippen LogP contribution is 2.26. The molecule has 4 N–H and O–H groups in total. The Kier molecular flexibility index (Phi) is 6.45. The number of aliphatic hydroxyl groups is 1. The van der Waals surface area contributed by atoms with Crippen molar-refractivity contribution >= 4 is 23.2 Å². The van der Waals surface area contributed by atoms with Crippen molar-refractivity contribution in [2.45, 2.75) is 25.5 Å². The van der Waals surface area contributed by atoms with Gasteiger partial charge in [-0.25, -0.2) is 0 Å². The van der Waals surface area contributed by atoms with E-state index in [0.29, 0.717) is 19.6 Å². The van der Waals surface area contributed by atoms with Crippen LogP contribution in [-0.2, 0) is 11.3 Å². The molecule has 2 atom stereocenters. The van der Waals surface area contributed by atoms with Gasteiger partial charge in [-0.3, -0.25) is 4.79 Å². The van der Waals surface area contributed by atoms with Crippen LogP contribution in [0.5, 0.6) is 0 Å². The summed E-state index contributed by atoms with van der Waals surface area (Å²) in [6.45, 7) is 6.05. The van der Waals surface area contributed by atoms with Gasteiger partial charge in [0.2, 0.25) is 5.91 Å². The molecule has 126 valence electrons. The van der Waals surface area contributed by atoms with Crippen molar-refractivity contribution in [3.63, 3.8) is 0 Å². The fourth-order valence-electron chi connectivity index (χ4n) is 2.85. The average Bonchev–Trinajstić information content (AvgIpc) is 2.55. The third-order valence-electron chi connectivity index (χ3n) is 4.17. The van der Waals surface area contributed by atoms with E-state index in [-0.39, 0.29) is 16.9 Å². The zero-order chi connectivity index (χ0) is 16.8. The fourth-order valence-corrected chi connectivity index (χ4v) is 2.93. The predicted molar refractivity (Wildman–Crippen MR) is 93.3 cm³/mol. The lowest BCUT2D eigenvalue weighted by atomic mass is 9.96. The number of carbonyl (C=O) groups excluding carboxylic acids is 1. The van der Waals surface area contributed by atoms with Crippen molar-refractivity contribution in [1.29, 1.82) is 0 Å². The molecular formula is C17H24ClN3O2. The maximum Gasteiger partial charge on any atom is 0.222 e. The topological polar surface area (TPSA) is 78.6 Å². The number of rotatable bonds is 7. The molecule has 1 saturated heterocycles. The standard InChI is InChI=1S/C17H24ClN3O2/c1-12(18)16(22)10-20-9-13-5-2-3-7-15(13)21-8-4-6-14(11-21)17(19)23/h2-3,5,7,14,16,20,22H,1,4,6,8-11H2,(H2,19,23). The van der Waals surface area contributed by atoms with Gasteiger partial charge in [0.1, 0.15) is 6.10 Å². The van der Waals surface area contributed by atoms with Gasteiger partial charge in [-0.2, -0.15) is 0 Å². The van der Waals surface area contributed by atoms with Gasteiger partial charge in [0.15, 0.2) is 0 Å². The number of nitrogens with zero attached hydrogens (tertiary/aromatic N) is 1. The molecular weight excluding hydrogens is 314 g/mol. The van der Waals surface area contributed by atoms with E-state index in [0.717, 1.165) is 30.6 Å². The van der Waals surface area contributed by atoms with Crippen molar-refractivity contribution in [2.75, 3.05) is 24.5 Å². The minimum absolute atomic E-state index is 0.0915. The largest absolute Gasteiger partial charge is 0.386 e. The first-order valence-electron chi connectivity index (χ1n) is 7.84. The van der Waals surface area contributed by atoms with Crippen molar-refractivity contribution < 1.29 is 9.90 Å². The summed E-state index contributed by atoms with van der Waals surface area (Å²) >= 11 is 5.67. The Hall–Kier alpha value is -1.56. The Bertz CT molecular complexity index is 565. The molecule has 2 rings (SSSR count). The van der Waals surface area contributed by atoms with Crippen LogP contribution in [0.25, 0.3) is 0 Å². The van der Waals surface area contributed by atoms with Gasteiger partial charge in [0, 0.05) is 36.9 Å². The molecule has 1 amide bonds. The number of aliphatic hydroxyl groups excluding tert-OH is 1. The van der Waals surface area contributed by atoms with E-state index in [1.165, 1.54) is 0 Å². The third-order valence-corrected chi connectivity index (χ3v) is 4.42. The molecule has 0 bridgehead atoms. The van der Waals surface area contributed by atoms with Crippen LogP contribution < -0.4 is 16.0 Å². The second-order valence-corrected chi connectivity index (χ2v) is 6.40. The summed E-state index contributed by atoms with van der Waals surface area (Å²) in [4.78, 5) is 13.7. The molecule has 1 fully saturated rings. The van der Waals surface area contributed by atoms with Crippen LogP contribution >= 0.6 is 11.6 Å². The zero-order valence-corrected chi connectivity index (χ0v) is 13.9. The number of nitrogens with one attached hydrogen (secondary N) is 1. The quantitative estimate of drug-likeness (QED) is 0.706. The maximum atomic E-state index is 11.5. The summed E-state index contributed by atoms with van der Waals surface area (Å²) in [5.74, 6) is -0.319. The molecule has 23 heavy (non-hydrogen) atoms. The van der Waals surface area contributed by atoms with E-state index < -0.39 is 6.10 Å². The van der Waals surface area contributed by atoms with Crippen molar-refractivity contribution in [3.05, 3.63) is 41.4 Å². The highest BCUT2D eigenvalue weighted by Gasteiger charge is 2.25. The number of primary amides is 1. The van der Waals surface area contributed by atoms with Gasteiger partial charge in [-0.15, -0.1) is 0 Å². The predicted octanol–water partition coefficient (Wildman–Crippen LogP) is 1.59. The molecule has 1 aliphatic heterocycles. The fraction of sp³-hybridized carbons (Fsp3) is 0.471. The highest BCUT2D eigenvalue weighted by molar-refractivity contribution is 6.29. The number of anilines is 1. The highest BCUT2D eigenvalue weighted by atomic mass is 35.5. The van der Waals surface area contributed by atoms with Crippen LogP contribution in [0.2, 0.25) is 0 Å². The molecule has 1 aromatic rings. The molecule has 6 heteroatoms. The summed E-state index contributed by atoms with van der Waals surface area (Å²) in [7, 11) is 0. The lowest BCUT2D eigenvalue weighted by molar-refractivity contribution is -0.122. The third kappa shape index (κ3) is 4.96. The smallest absolute Gasteiger partial charge is 0.222 e. The maximum absolute atomic E-state index is 11.5. The van der Waals surface area contributed by atoms with Crippen molar-refractivity contribution in [3.8, 4) is 0 Å². The van der Waals surface area contributed by atoms with E-state index in [4.69, 9.17) is 17.3 Å². The Morgan fingerprint density at radius 1 is 1.52 bits per heavy atom. The molecule has 1 heterocycles. The minimum atomic E-state index is -0.766. The second kappa shape index (κ2) is 8.34. The van der Waals surface area contributed by atoms with Gasteiger partial charge in [-0.05, 0) is 24.5 Å². The van der Waals surface area contributed by atoms with E-state index in [9.17, 15) is 9.90 Å². The van der Waals surface area contributed by atoms with Crippen LogP contribution in [-0.4, -0.2) is 36.8 Å². The van der Waals surface area contributed by atoms with E-state index in [2.05, 4.69) is 22.9 Å². The summed E-state index contributed by atoms with van der Waals surface area (Å²) < 4.78 is 0. The SMILES string of the molecule is C=C(Cl)C(O)CNCc1ccccc1N1CCCC(C(N)=O)C1.